The van der Waals surface area contributed by atoms with E-state index in [0.717, 1.165) is 5.92 Å². The lowest BCUT2D eigenvalue weighted by Crippen LogP contribution is -2.48. The number of aliphatic hydroxyl groups excluding tert-OH is 1. The summed E-state index contributed by atoms with van der Waals surface area (Å²) in [4.78, 5) is 1.94. The maximum absolute atomic E-state index is 10.1. The number of likely N-dealkylation sites (N-methyl/N-ethyl adjacent to an activating group) is 1. The Morgan fingerprint density at radius 1 is 1.45 bits per heavy atom. The Hall–Kier alpha value is -0.420. The molecule has 0 aromatic heterocycles. The van der Waals surface area contributed by atoms with Crippen molar-refractivity contribution in [2.45, 2.75) is 52.2 Å². The molecule has 0 aliphatic heterocycles. The fourth-order valence-electron chi connectivity index (χ4n) is 4.09. The van der Waals surface area contributed by atoms with E-state index in [4.69, 9.17) is 4.74 Å². The number of hydrogen-bond donors (Lipinski definition) is 2. The van der Waals surface area contributed by atoms with Crippen molar-refractivity contribution in [1.82, 2.24) is 4.90 Å². The predicted molar refractivity (Wildman–Crippen MR) is 88.7 cm³/mol. The minimum atomic E-state index is -0.741. The molecular weight excluding hydrogens is 278 g/mol. The molecule has 0 amide bonds. The molecule has 3 atom stereocenters. The number of hydrogen-bond acceptors (Lipinski definition) is 4. The summed E-state index contributed by atoms with van der Waals surface area (Å²) < 4.78 is 5.75. The van der Waals surface area contributed by atoms with E-state index < -0.39 is 11.7 Å². The molecule has 0 spiro atoms. The zero-order valence-electron chi connectivity index (χ0n) is 14.8. The molecule has 0 aromatic carbocycles. The highest BCUT2D eigenvalue weighted by atomic mass is 16.5. The van der Waals surface area contributed by atoms with Gasteiger partial charge in [0.2, 0.25) is 0 Å². The van der Waals surface area contributed by atoms with Crippen LogP contribution < -0.4 is 0 Å². The average molecular weight is 311 g/mol. The number of aliphatic hydroxyl groups is 2. The normalized spacial score (nSPS) is 28.3. The van der Waals surface area contributed by atoms with Crippen LogP contribution in [-0.2, 0) is 4.74 Å². The molecule has 0 radical (unpaired) electrons. The Morgan fingerprint density at radius 3 is 2.68 bits per heavy atom. The standard InChI is InChI=1S/C18H33NO3/c1-17(2,21)12-19(5)9-15(20)11-22-10-13-6-7-14-8-16(13)18(14,3)4/h6,14-16,20-21H,7-12H2,1-5H3. The van der Waals surface area contributed by atoms with E-state index >= 15 is 0 Å². The third-order valence-electron chi connectivity index (χ3n) is 5.34. The highest BCUT2D eigenvalue weighted by Crippen LogP contribution is 2.59. The van der Waals surface area contributed by atoms with Gasteiger partial charge in [-0.3, -0.25) is 0 Å². The number of nitrogens with zero attached hydrogens (tertiary/aromatic N) is 1. The largest absolute Gasteiger partial charge is 0.389 e. The van der Waals surface area contributed by atoms with Crippen molar-refractivity contribution in [2.24, 2.45) is 17.3 Å². The number of allylic oxidation sites excluding steroid dienone is 1. The molecule has 2 N–H and O–H groups in total. The van der Waals surface area contributed by atoms with Crippen LogP contribution in [0.5, 0.6) is 0 Å². The third kappa shape index (κ3) is 4.31. The summed E-state index contributed by atoms with van der Waals surface area (Å²) in [7, 11) is 1.90. The van der Waals surface area contributed by atoms with Gasteiger partial charge in [0.1, 0.15) is 0 Å². The first-order chi connectivity index (χ1) is 10.1. The molecule has 3 aliphatic carbocycles. The lowest BCUT2D eigenvalue weighted by Gasteiger charge is -2.56. The van der Waals surface area contributed by atoms with Crippen molar-refractivity contribution in [2.75, 3.05) is 33.4 Å². The highest BCUT2D eigenvalue weighted by molar-refractivity contribution is 5.23. The molecule has 0 heterocycles. The molecule has 128 valence electrons. The second-order valence-corrected chi connectivity index (χ2v) is 8.50. The third-order valence-corrected chi connectivity index (χ3v) is 5.34. The van der Waals surface area contributed by atoms with Gasteiger partial charge in [0.05, 0.1) is 24.9 Å². The average Bonchev–Trinajstić information content (AvgIpc) is 2.36. The Kier molecular flexibility index (Phi) is 5.38. The minimum absolute atomic E-state index is 0.351. The molecule has 1 saturated carbocycles. The van der Waals surface area contributed by atoms with Crippen LogP contribution in [0, 0.1) is 17.3 Å². The van der Waals surface area contributed by atoms with Crippen LogP contribution in [-0.4, -0.2) is 60.2 Å². The van der Waals surface area contributed by atoms with E-state index in [2.05, 4.69) is 19.9 Å². The first-order valence-electron chi connectivity index (χ1n) is 8.45. The number of rotatable bonds is 8. The van der Waals surface area contributed by atoms with Crippen LogP contribution in [0.1, 0.15) is 40.5 Å². The van der Waals surface area contributed by atoms with Gasteiger partial charge in [-0.05, 0) is 56.6 Å². The summed E-state index contributed by atoms with van der Waals surface area (Å²) in [5.41, 5.74) is 1.11. The summed E-state index contributed by atoms with van der Waals surface area (Å²) in [6.45, 7) is 10.3. The molecule has 4 heteroatoms. The summed E-state index contributed by atoms with van der Waals surface area (Å²) in [5.74, 6) is 1.52. The van der Waals surface area contributed by atoms with E-state index in [1.165, 1.54) is 18.4 Å². The Morgan fingerprint density at radius 2 is 2.14 bits per heavy atom. The first-order valence-corrected chi connectivity index (χ1v) is 8.45. The van der Waals surface area contributed by atoms with Gasteiger partial charge in [0.25, 0.3) is 0 Å². The molecule has 4 nitrogen and oxygen atoms in total. The van der Waals surface area contributed by atoms with Crippen LogP contribution in [0.2, 0.25) is 0 Å². The van der Waals surface area contributed by atoms with Gasteiger partial charge in [-0.15, -0.1) is 0 Å². The van der Waals surface area contributed by atoms with Crippen molar-refractivity contribution in [3.8, 4) is 0 Å². The Balaban J connectivity index is 1.67. The molecule has 0 saturated heterocycles. The van der Waals surface area contributed by atoms with Crippen LogP contribution >= 0.6 is 0 Å². The van der Waals surface area contributed by atoms with Crippen molar-refractivity contribution in [3.63, 3.8) is 0 Å². The molecular formula is C18H33NO3. The summed E-state index contributed by atoms with van der Waals surface area (Å²) in [6, 6.07) is 0. The maximum Gasteiger partial charge on any atom is 0.0900 e. The summed E-state index contributed by atoms with van der Waals surface area (Å²) in [6.07, 6.45) is 4.31. The van der Waals surface area contributed by atoms with Crippen LogP contribution in [0.25, 0.3) is 0 Å². The molecule has 2 bridgehead atoms. The first kappa shape index (κ1) is 17.9. The van der Waals surface area contributed by atoms with Gasteiger partial charge in [-0.1, -0.05) is 19.9 Å². The van der Waals surface area contributed by atoms with Crippen LogP contribution in [0.15, 0.2) is 11.6 Å². The molecule has 3 aliphatic rings. The van der Waals surface area contributed by atoms with Crippen LogP contribution in [0.4, 0.5) is 0 Å². The van der Waals surface area contributed by atoms with Gasteiger partial charge in [0.15, 0.2) is 0 Å². The van der Waals surface area contributed by atoms with Gasteiger partial charge < -0.3 is 19.8 Å². The molecule has 3 rings (SSSR count). The van der Waals surface area contributed by atoms with Gasteiger partial charge >= 0.3 is 0 Å². The zero-order chi connectivity index (χ0) is 16.5. The van der Waals surface area contributed by atoms with Gasteiger partial charge in [-0.2, -0.15) is 0 Å². The number of fused-ring (bicyclic) bond motifs is 1. The predicted octanol–water partition coefficient (Wildman–Crippen LogP) is 2.06. The molecule has 3 unspecified atom stereocenters. The van der Waals surface area contributed by atoms with Crippen molar-refractivity contribution in [1.29, 1.82) is 0 Å². The van der Waals surface area contributed by atoms with Gasteiger partial charge in [0, 0.05) is 13.1 Å². The lowest BCUT2D eigenvalue weighted by molar-refractivity contribution is -0.0281. The molecule has 0 aromatic rings. The molecule has 22 heavy (non-hydrogen) atoms. The lowest BCUT2D eigenvalue weighted by atomic mass is 9.49. The van der Waals surface area contributed by atoms with Gasteiger partial charge in [-0.25, -0.2) is 0 Å². The van der Waals surface area contributed by atoms with E-state index in [1.54, 1.807) is 13.8 Å². The molecule has 1 fully saturated rings. The van der Waals surface area contributed by atoms with E-state index in [-0.39, 0.29) is 0 Å². The van der Waals surface area contributed by atoms with E-state index in [0.29, 0.717) is 37.6 Å². The second-order valence-electron chi connectivity index (χ2n) is 8.50. The fraction of sp³-hybridized carbons (Fsp3) is 0.889. The Bertz CT molecular complexity index is 411. The second kappa shape index (κ2) is 6.60. The van der Waals surface area contributed by atoms with Crippen molar-refractivity contribution >= 4 is 0 Å². The summed E-state index contributed by atoms with van der Waals surface area (Å²) in [5, 5.41) is 19.8. The minimum Gasteiger partial charge on any atom is -0.389 e. The van der Waals surface area contributed by atoms with E-state index in [1.807, 2.05) is 11.9 Å². The topological polar surface area (TPSA) is 52.9 Å². The highest BCUT2D eigenvalue weighted by Gasteiger charge is 2.50. The smallest absolute Gasteiger partial charge is 0.0900 e. The fourth-order valence-corrected chi connectivity index (χ4v) is 4.09. The Labute approximate surface area is 135 Å². The quantitative estimate of drug-likeness (QED) is 0.674. The SMILES string of the molecule is CN(CC(O)COCC1=CCC2CC1C2(C)C)CC(C)(C)O. The summed E-state index contributed by atoms with van der Waals surface area (Å²) >= 11 is 0. The monoisotopic (exact) mass is 311 g/mol. The van der Waals surface area contributed by atoms with Crippen molar-refractivity contribution < 1.29 is 14.9 Å². The van der Waals surface area contributed by atoms with E-state index in [9.17, 15) is 10.2 Å². The zero-order valence-corrected chi connectivity index (χ0v) is 14.8. The number of ether oxygens (including phenoxy) is 1. The van der Waals surface area contributed by atoms with Crippen LogP contribution in [0.3, 0.4) is 0 Å². The maximum atomic E-state index is 10.1. The van der Waals surface area contributed by atoms with Crippen molar-refractivity contribution in [3.05, 3.63) is 11.6 Å².